The molecule has 2 aromatic heterocycles. The van der Waals surface area contributed by atoms with Crippen LogP contribution in [0.25, 0.3) is 10.1 Å². The molecule has 1 aliphatic rings. The zero-order chi connectivity index (χ0) is 14.9. The molecule has 0 radical (unpaired) electrons. The zero-order valence-electron chi connectivity index (χ0n) is 12.0. The molecule has 0 fully saturated rings. The quantitative estimate of drug-likeness (QED) is 0.787. The minimum atomic E-state index is -0.0198. The Kier molecular flexibility index (Phi) is 3.27. The maximum atomic E-state index is 12.3. The van der Waals surface area contributed by atoms with E-state index in [1.165, 1.54) is 20.5 Å². The summed E-state index contributed by atoms with van der Waals surface area (Å²) in [5, 5.41) is 4.25. The van der Waals surface area contributed by atoms with Crippen molar-refractivity contribution in [1.82, 2.24) is 15.2 Å². The molecule has 22 heavy (non-hydrogen) atoms. The molecule has 1 aromatic carbocycles. The lowest BCUT2D eigenvalue weighted by atomic mass is 10.2. The molecule has 3 heterocycles. The number of aromatic nitrogens is 1. The van der Waals surface area contributed by atoms with Crippen LogP contribution in [0, 0.1) is 0 Å². The fraction of sp³-hybridized carbons (Fsp3) is 0.176. The van der Waals surface area contributed by atoms with Crippen molar-refractivity contribution < 1.29 is 4.79 Å². The second kappa shape index (κ2) is 5.42. The van der Waals surface area contributed by atoms with Gasteiger partial charge in [0.25, 0.3) is 0 Å². The van der Waals surface area contributed by atoms with E-state index in [4.69, 9.17) is 0 Å². The van der Waals surface area contributed by atoms with Gasteiger partial charge >= 0.3 is 6.03 Å². The average Bonchev–Trinajstić information content (AvgIpc) is 3.15. The highest BCUT2D eigenvalue weighted by Crippen LogP contribution is 2.25. The molecule has 4 nitrogen and oxygen atoms in total. The number of nitrogens with zero attached hydrogens (tertiary/aromatic N) is 2. The van der Waals surface area contributed by atoms with E-state index >= 15 is 0 Å². The summed E-state index contributed by atoms with van der Waals surface area (Å²) in [5.41, 5.74) is 2.33. The van der Waals surface area contributed by atoms with Gasteiger partial charge in [0.15, 0.2) is 0 Å². The van der Waals surface area contributed by atoms with Crippen LogP contribution in [0.4, 0.5) is 4.79 Å². The number of fused-ring (bicyclic) bond motifs is 2. The maximum absolute atomic E-state index is 12.3. The second-order valence-corrected chi connectivity index (χ2v) is 6.58. The Morgan fingerprint density at radius 1 is 1.23 bits per heavy atom. The normalized spacial score (nSPS) is 13.4. The van der Waals surface area contributed by atoms with Crippen molar-refractivity contribution in [3.8, 4) is 0 Å². The first kappa shape index (κ1) is 13.3. The molecule has 3 aromatic rings. The number of carbonyl (C=O) groups is 1. The maximum Gasteiger partial charge on any atom is 0.318 e. The fourth-order valence-electron chi connectivity index (χ4n) is 2.76. The van der Waals surface area contributed by atoms with Gasteiger partial charge in [-0.05, 0) is 34.7 Å². The van der Waals surface area contributed by atoms with Crippen LogP contribution in [0.5, 0.6) is 0 Å². The van der Waals surface area contributed by atoms with Crippen LogP contribution in [0.15, 0.2) is 48.8 Å². The molecular formula is C17H15N3OS. The zero-order valence-corrected chi connectivity index (χ0v) is 12.8. The molecule has 0 saturated heterocycles. The van der Waals surface area contributed by atoms with E-state index in [0.717, 1.165) is 5.56 Å². The lowest BCUT2D eigenvalue weighted by Crippen LogP contribution is -2.35. The van der Waals surface area contributed by atoms with Gasteiger partial charge < -0.3 is 10.2 Å². The number of benzene rings is 1. The minimum absolute atomic E-state index is 0.0198. The Morgan fingerprint density at radius 2 is 2.09 bits per heavy atom. The Hall–Kier alpha value is -2.40. The third-order valence-electron chi connectivity index (χ3n) is 3.90. The first-order valence-corrected chi connectivity index (χ1v) is 8.03. The molecule has 0 unspecified atom stereocenters. The van der Waals surface area contributed by atoms with E-state index < -0.39 is 0 Å². The van der Waals surface area contributed by atoms with Gasteiger partial charge in [0.2, 0.25) is 0 Å². The molecule has 5 heteroatoms. The summed E-state index contributed by atoms with van der Waals surface area (Å²) in [6, 6.07) is 12.4. The van der Waals surface area contributed by atoms with Crippen LogP contribution in [0.2, 0.25) is 0 Å². The van der Waals surface area contributed by atoms with E-state index in [2.05, 4.69) is 28.5 Å². The van der Waals surface area contributed by atoms with Crippen LogP contribution in [-0.4, -0.2) is 15.9 Å². The van der Waals surface area contributed by atoms with Crippen LogP contribution >= 0.6 is 11.3 Å². The Bertz CT molecular complexity index is 785. The highest BCUT2D eigenvalue weighted by Gasteiger charge is 2.22. The number of urea groups is 1. The van der Waals surface area contributed by atoms with Gasteiger partial charge in [-0.25, -0.2) is 4.79 Å². The highest BCUT2D eigenvalue weighted by molar-refractivity contribution is 7.19. The number of hydrogen-bond donors (Lipinski definition) is 1. The number of rotatable bonds is 2. The van der Waals surface area contributed by atoms with Gasteiger partial charge in [0.1, 0.15) is 0 Å². The van der Waals surface area contributed by atoms with Gasteiger partial charge in [-0.3, -0.25) is 4.98 Å². The van der Waals surface area contributed by atoms with Crippen molar-refractivity contribution in [3.05, 3.63) is 64.8 Å². The lowest BCUT2D eigenvalue weighted by Gasteiger charge is -2.15. The van der Waals surface area contributed by atoms with Crippen molar-refractivity contribution in [2.75, 3.05) is 0 Å². The average molecular weight is 309 g/mol. The molecule has 1 N–H and O–H groups in total. The van der Waals surface area contributed by atoms with E-state index in [0.29, 0.717) is 19.6 Å². The lowest BCUT2D eigenvalue weighted by molar-refractivity contribution is 0.198. The molecule has 0 saturated carbocycles. The van der Waals surface area contributed by atoms with Gasteiger partial charge in [-0.1, -0.05) is 18.2 Å². The van der Waals surface area contributed by atoms with Gasteiger partial charge in [0, 0.05) is 35.1 Å². The standard InChI is InChI=1S/C17H15N3OS/c21-17(20-10-13-5-6-18-8-14(13)11-20)19-9-15-7-12-3-1-2-4-16(12)22-15/h1-8H,9-11H2,(H,19,21). The molecule has 4 rings (SSSR count). The summed E-state index contributed by atoms with van der Waals surface area (Å²) in [7, 11) is 0. The Morgan fingerprint density at radius 3 is 2.95 bits per heavy atom. The number of nitrogens with one attached hydrogen (secondary N) is 1. The van der Waals surface area contributed by atoms with Crippen LogP contribution in [0.1, 0.15) is 16.0 Å². The molecule has 0 atom stereocenters. The van der Waals surface area contributed by atoms with Crippen molar-refractivity contribution in [1.29, 1.82) is 0 Å². The number of carbonyl (C=O) groups excluding carboxylic acids is 1. The van der Waals surface area contributed by atoms with E-state index in [9.17, 15) is 4.79 Å². The van der Waals surface area contributed by atoms with E-state index in [-0.39, 0.29) is 6.03 Å². The number of amides is 2. The van der Waals surface area contributed by atoms with Crippen molar-refractivity contribution in [3.63, 3.8) is 0 Å². The number of thiophene rings is 1. The molecule has 0 aliphatic carbocycles. The summed E-state index contributed by atoms with van der Waals surface area (Å²) in [5.74, 6) is 0. The van der Waals surface area contributed by atoms with Gasteiger partial charge in [0.05, 0.1) is 6.54 Å². The summed E-state index contributed by atoms with van der Waals surface area (Å²) in [6.07, 6.45) is 3.62. The molecular weight excluding hydrogens is 294 g/mol. The van der Waals surface area contributed by atoms with Crippen LogP contribution in [0.3, 0.4) is 0 Å². The third kappa shape index (κ3) is 2.44. The highest BCUT2D eigenvalue weighted by atomic mass is 32.1. The first-order valence-electron chi connectivity index (χ1n) is 7.21. The fourth-order valence-corrected chi connectivity index (χ4v) is 3.77. The Balaban J connectivity index is 1.41. The molecule has 1 aliphatic heterocycles. The van der Waals surface area contributed by atoms with Gasteiger partial charge in [-0.15, -0.1) is 11.3 Å². The smallest absolute Gasteiger partial charge is 0.318 e. The minimum Gasteiger partial charge on any atom is -0.333 e. The SMILES string of the molecule is O=C(NCc1cc2ccccc2s1)N1Cc2ccncc2C1. The molecule has 110 valence electrons. The Labute approximate surface area is 132 Å². The van der Waals surface area contributed by atoms with E-state index in [1.807, 2.05) is 29.3 Å². The summed E-state index contributed by atoms with van der Waals surface area (Å²) in [6.45, 7) is 1.88. The largest absolute Gasteiger partial charge is 0.333 e. The number of hydrogen-bond acceptors (Lipinski definition) is 3. The predicted molar refractivity (Wildman–Crippen MR) is 87.5 cm³/mol. The summed E-state index contributed by atoms with van der Waals surface area (Å²) in [4.78, 5) is 19.4. The van der Waals surface area contributed by atoms with Gasteiger partial charge in [-0.2, -0.15) is 0 Å². The molecule has 0 spiro atoms. The topological polar surface area (TPSA) is 45.2 Å². The predicted octanol–water partition coefficient (Wildman–Crippen LogP) is 3.52. The molecule has 2 amide bonds. The van der Waals surface area contributed by atoms with Crippen LogP contribution < -0.4 is 5.32 Å². The summed E-state index contributed by atoms with van der Waals surface area (Å²) < 4.78 is 1.26. The number of pyridine rings is 1. The summed E-state index contributed by atoms with van der Waals surface area (Å²) >= 11 is 1.73. The third-order valence-corrected chi connectivity index (χ3v) is 5.02. The van der Waals surface area contributed by atoms with Crippen molar-refractivity contribution in [2.45, 2.75) is 19.6 Å². The van der Waals surface area contributed by atoms with E-state index in [1.54, 1.807) is 17.5 Å². The van der Waals surface area contributed by atoms with Crippen molar-refractivity contribution in [2.24, 2.45) is 0 Å². The second-order valence-electron chi connectivity index (χ2n) is 5.41. The van der Waals surface area contributed by atoms with Crippen molar-refractivity contribution >= 4 is 27.5 Å². The molecule has 0 bridgehead atoms. The first-order chi connectivity index (χ1) is 10.8. The van der Waals surface area contributed by atoms with Crippen LogP contribution in [-0.2, 0) is 19.6 Å². The monoisotopic (exact) mass is 309 g/mol.